The van der Waals surface area contributed by atoms with Crippen molar-refractivity contribution in [3.63, 3.8) is 0 Å². The third-order valence-corrected chi connectivity index (χ3v) is 3.96. The summed E-state index contributed by atoms with van der Waals surface area (Å²) in [6, 6.07) is 0. The highest BCUT2D eigenvalue weighted by Gasteiger charge is 2.08. The van der Waals surface area contributed by atoms with Gasteiger partial charge in [-0.15, -0.1) is 0 Å². The van der Waals surface area contributed by atoms with Crippen molar-refractivity contribution in [2.45, 2.75) is 112 Å². The van der Waals surface area contributed by atoms with Gasteiger partial charge in [0.2, 0.25) is 0 Å². The average molecular weight is 269 g/mol. The lowest BCUT2D eigenvalue weighted by Gasteiger charge is -2.17. The van der Waals surface area contributed by atoms with Gasteiger partial charge in [-0.3, -0.25) is 0 Å². The van der Waals surface area contributed by atoms with Crippen molar-refractivity contribution in [3.05, 3.63) is 0 Å². The van der Waals surface area contributed by atoms with E-state index in [9.17, 15) is 0 Å². The molecule has 0 saturated heterocycles. The average Bonchev–Trinajstić information content (AvgIpc) is 2.28. The SMILES string of the molecule is CC(C)CCCCCCCCCCCCC(C)(C)C. The molecule has 19 heavy (non-hydrogen) atoms. The first kappa shape index (κ1) is 19.0. The molecule has 0 bridgehead atoms. The first-order chi connectivity index (χ1) is 8.92. The molecule has 0 rings (SSSR count). The standard InChI is InChI=1S/C19H40/c1-18(2)16-14-12-10-8-6-7-9-11-13-15-17-19(3,4)5/h18H,6-17H2,1-5H3. The van der Waals surface area contributed by atoms with E-state index in [2.05, 4.69) is 34.6 Å². The van der Waals surface area contributed by atoms with Crippen LogP contribution in [0.25, 0.3) is 0 Å². The molecule has 0 aliphatic heterocycles. The van der Waals surface area contributed by atoms with Crippen LogP contribution in [0.3, 0.4) is 0 Å². The van der Waals surface area contributed by atoms with E-state index in [1.165, 1.54) is 77.0 Å². The fourth-order valence-electron chi connectivity index (χ4n) is 2.62. The quantitative estimate of drug-likeness (QED) is 0.324. The molecule has 0 spiro atoms. The second kappa shape index (κ2) is 11.8. The molecule has 0 radical (unpaired) electrons. The second-order valence-electron chi connectivity index (χ2n) is 8.03. The molecule has 0 aromatic heterocycles. The minimum Gasteiger partial charge on any atom is -0.0628 e. The van der Waals surface area contributed by atoms with Gasteiger partial charge < -0.3 is 0 Å². The topological polar surface area (TPSA) is 0 Å². The van der Waals surface area contributed by atoms with Crippen molar-refractivity contribution < 1.29 is 0 Å². The maximum atomic E-state index is 2.35. The van der Waals surface area contributed by atoms with Gasteiger partial charge in [0.05, 0.1) is 0 Å². The van der Waals surface area contributed by atoms with Crippen molar-refractivity contribution in [2.24, 2.45) is 11.3 Å². The largest absolute Gasteiger partial charge is 0.0628 e. The van der Waals surface area contributed by atoms with Crippen LogP contribution in [0, 0.1) is 11.3 Å². The summed E-state index contributed by atoms with van der Waals surface area (Å²) in [7, 11) is 0. The molecule has 0 N–H and O–H groups in total. The zero-order valence-electron chi connectivity index (χ0n) is 14.6. The van der Waals surface area contributed by atoms with Crippen LogP contribution in [0.5, 0.6) is 0 Å². The molecule has 116 valence electrons. The summed E-state index contributed by atoms with van der Waals surface area (Å²) in [6.45, 7) is 11.7. The van der Waals surface area contributed by atoms with Gasteiger partial charge in [0, 0.05) is 0 Å². The molecule has 0 aliphatic rings. The van der Waals surface area contributed by atoms with Crippen LogP contribution in [0.15, 0.2) is 0 Å². The summed E-state index contributed by atoms with van der Waals surface area (Å²) in [5, 5.41) is 0. The summed E-state index contributed by atoms with van der Waals surface area (Å²) in [6.07, 6.45) is 17.4. The Balaban J connectivity index is 3.03. The summed E-state index contributed by atoms with van der Waals surface area (Å²) < 4.78 is 0. The van der Waals surface area contributed by atoms with Crippen molar-refractivity contribution in [3.8, 4) is 0 Å². The number of hydrogen-bond acceptors (Lipinski definition) is 0. The lowest BCUT2D eigenvalue weighted by Crippen LogP contribution is -2.03. The van der Waals surface area contributed by atoms with E-state index in [0.29, 0.717) is 5.41 Å². The Morgan fingerprint density at radius 3 is 1.32 bits per heavy atom. The maximum Gasteiger partial charge on any atom is -0.0383 e. The Morgan fingerprint density at radius 2 is 0.947 bits per heavy atom. The summed E-state index contributed by atoms with van der Waals surface area (Å²) in [5.74, 6) is 0.896. The monoisotopic (exact) mass is 268 g/mol. The third-order valence-electron chi connectivity index (χ3n) is 3.96. The Bertz CT molecular complexity index is 173. The number of hydrogen-bond donors (Lipinski definition) is 0. The molecule has 0 aliphatic carbocycles. The highest BCUT2D eigenvalue weighted by molar-refractivity contribution is 4.61. The summed E-state index contributed by atoms with van der Waals surface area (Å²) in [4.78, 5) is 0. The summed E-state index contributed by atoms with van der Waals surface area (Å²) in [5.41, 5.74) is 0.538. The Kier molecular flexibility index (Phi) is 11.8. The highest BCUT2D eigenvalue weighted by Crippen LogP contribution is 2.22. The smallest absolute Gasteiger partial charge is 0.0383 e. The van der Waals surface area contributed by atoms with Gasteiger partial charge in [-0.1, -0.05) is 105 Å². The zero-order valence-corrected chi connectivity index (χ0v) is 14.6. The van der Waals surface area contributed by atoms with Gasteiger partial charge in [-0.05, 0) is 17.8 Å². The zero-order chi connectivity index (χ0) is 14.6. The van der Waals surface area contributed by atoms with E-state index < -0.39 is 0 Å². The van der Waals surface area contributed by atoms with Crippen LogP contribution in [0.1, 0.15) is 112 Å². The lowest BCUT2D eigenvalue weighted by molar-refractivity contribution is 0.356. The molecule has 0 heterocycles. The number of rotatable bonds is 12. The molecule has 0 heteroatoms. The van der Waals surface area contributed by atoms with Crippen LogP contribution in [0.4, 0.5) is 0 Å². The van der Waals surface area contributed by atoms with Gasteiger partial charge >= 0.3 is 0 Å². The van der Waals surface area contributed by atoms with E-state index in [-0.39, 0.29) is 0 Å². The number of unbranched alkanes of at least 4 members (excludes halogenated alkanes) is 9. The van der Waals surface area contributed by atoms with E-state index in [1.807, 2.05) is 0 Å². The second-order valence-corrected chi connectivity index (χ2v) is 8.03. The lowest BCUT2D eigenvalue weighted by atomic mass is 9.89. The molecule has 0 amide bonds. The van der Waals surface area contributed by atoms with Gasteiger partial charge in [-0.2, -0.15) is 0 Å². The first-order valence-corrected chi connectivity index (χ1v) is 8.92. The van der Waals surface area contributed by atoms with Crippen LogP contribution >= 0.6 is 0 Å². The molecule has 0 atom stereocenters. The van der Waals surface area contributed by atoms with Gasteiger partial charge in [0.1, 0.15) is 0 Å². The molecule has 0 nitrogen and oxygen atoms in total. The van der Waals surface area contributed by atoms with Crippen molar-refractivity contribution in [2.75, 3.05) is 0 Å². The normalized spacial score (nSPS) is 12.3. The van der Waals surface area contributed by atoms with Crippen LogP contribution < -0.4 is 0 Å². The molecule has 0 aromatic carbocycles. The predicted molar refractivity (Wildman–Crippen MR) is 89.7 cm³/mol. The van der Waals surface area contributed by atoms with Gasteiger partial charge in [-0.25, -0.2) is 0 Å². The van der Waals surface area contributed by atoms with E-state index in [4.69, 9.17) is 0 Å². The highest BCUT2D eigenvalue weighted by atomic mass is 14.1. The summed E-state index contributed by atoms with van der Waals surface area (Å²) >= 11 is 0. The molecular formula is C19H40. The first-order valence-electron chi connectivity index (χ1n) is 8.92. The third kappa shape index (κ3) is 18.0. The Hall–Kier alpha value is 0. The fraction of sp³-hybridized carbons (Fsp3) is 1.00. The van der Waals surface area contributed by atoms with Crippen LogP contribution in [-0.4, -0.2) is 0 Å². The fourth-order valence-corrected chi connectivity index (χ4v) is 2.62. The van der Waals surface area contributed by atoms with Crippen molar-refractivity contribution in [1.82, 2.24) is 0 Å². The molecule has 0 aromatic rings. The maximum absolute atomic E-state index is 2.35. The van der Waals surface area contributed by atoms with E-state index >= 15 is 0 Å². The van der Waals surface area contributed by atoms with Gasteiger partial charge in [0.25, 0.3) is 0 Å². The van der Waals surface area contributed by atoms with Gasteiger partial charge in [0.15, 0.2) is 0 Å². The van der Waals surface area contributed by atoms with E-state index in [1.54, 1.807) is 0 Å². The molecular weight excluding hydrogens is 228 g/mol. The molecule has 0 unspecified atom stereocenters. The van der Waals surface area contributed by atoms with E-state index in [0.717, 1.165) is 5.92 Å². The molecule has 0 saturated carbocycles. The van der Waals surface area contributed by atoms with Crippen LogP contribution in [0.2, 0.25) is 0 Å². The molecule has 0 fully saturated rings. The predicted octanol–water partition coefficient (Wildman–Crippen LogP) is 7.37. The Morgan fingerprint density at radius 1 is 0.579 bits per heavy atom. The minimum atomic E-state index is 0.538. The van der Waals surface area contributed by atoms with Crippen LogP contribution in [-0.2, 0) is 0 Å². The minimum absolute atomic E-state index is 0.538. The Labute approximate surface area is 123 Å². The van der Waals surface area contributed by atoms with Crippen molar-refractivity contribution >= 4 is 0 Å². The van der Waals surface area contributed by atoms with Crippen molar-refractivity contribution in [1.29, 1.82) is 0 Å².